The van der Waals surface area contributed by atoms with E-state index in [1.165, 1.54) is 20.2 Å². The van der Waals surface area contributed by atoms with Gasteiger partial charge in [-0.3, -0.25) is 9.59 Å². The van der Waals surface area contributed by atoms with Crippen LogP contribution >= 0.6 is 0 Å². The first-order chi connectivity index (χ1) is 12.5. The first-order valence-electron chi connectivity index (χ1n) is 7.97. The van der Waals surface area contributed by atoms with Crippen molar-refractivity contribution in [1.82, 2.24) is 5.43 Å². The number of carbonyl (C=O) groups excluding carboxylic acids is 2. The van der Waals surface area contributed by atoms with E-state index in [4.69, 9.17) is 9.47 Å². The Kier molecular flexibility index (Phi) is 6.73. The normalized spacial score (nSPS) is 10.4. The Morgan fingerprint density at radius 2 is 1.85 bits per heavy atom. The molecule has 0 heterocycles. The summed E-state index contributed by atoms with van der Waals surface area (Å²) in [6, 6.07) is 12.7. The molecule has 26 heavy (non-hydrogen) atoms. The number of nitrogens with one attached hydrogen (secondary N) is 2. The monoisotopic (exact) mass is 355 g/mol. The van der Waals surface area contributed by atoms with E-state index in [0.29, 0.717) is 17.1 Å². The van der Waals surface area contributed by atoms with Crippen molar-refractivity contribution in [2.75, 3.05) is 19.0 Å². The lowest BCUT2D eigenvalue weighted by molar-refractivity contribution is -0.132. The standard InChI is InChI=1S/C19H21N3O4/c1-13-4-7-16(8-5-13)20-12-19(24)22-21-11-15-6-9-17(26-14(2)23)18(10-15)25-3/h4-11,20H,12H2,1-3H3,(H,22,24). The lowest BCUT2D eigenvalue weighted by atomic mass is 10.2. The molecule has 0 aromatic heterocycles. The molecule has 0 saturated heterocycles. The molecule has 0 saturated carbocycles. The van der Waals surface area contributed by atoms with Crippen molar-refractivity contribution in [2.45, 2.75) is 13.8 Å². The van der Waals surface area contributed by atoms with Gasteiger partial charge in [0.15, 0.2) is 11.5 Å². The summed E-state index contributed by atoms with van der Waals surface area (Å²) in [5, 5.41) is 6.92. The van der Waals surface area contributed by atoms with E-state index in [-0.39, 0.29) is 12.5 Å². The van der Waals surface area contributed by atoms with E-state index in [0.717, 1.165) is 11.3 Å². The van der Waals surface area contributed by atoms with Crippen LogP contribution in [0.1, 0.15) is 18.1 Å². The van der Waals surface area contributed by atoms with Crippen molar-refractivity contribution < 1.29 is 19.1 Å². The van der Waals surface area contributed by atoms with E-state index in [1.54, 1.807) is 18.2 Å². The van der Waals surface area contributed by atoms with Gasteiger partial charge in [0.05, 0.1) is 19.9 Å². The van der Waals surface area contributed by atoms with Gasteiger partial charge in [-0.1, -0.05) is 17.7 Å². The summed E-state index contributed by atoms with van der Waals surface area (Å²) in [5.41, 5.74) is 5.14. The van der Waals surface area contributed by atoms with Gasteiger partial charge in [0.1, 0.15) is 0 Å². The average molecular weight is 355 g/mol. The number of hydrogen-bond donors (Lipinski definition) is 2. The summed E-state index contributed by atoms with van der Waals surface area (Å²) in [6.45, 7) is 3.42. The Morgan fingerprint density at radius 3 is 2.50 bits per heavy atom. The molecule has 7 heteroatoms. The predicted molar refractivity (Wildman–Crippen MR) is 99.7 cm³/mol. The van der Waals surface area contributed by atoms with E-state index in [2.05, 4.69) is 15.8 Å². The second kappa shape index (κ2) is 9.22. The molecule has 2 aromatic rings. The molecule has 0 radical (unpaired) electrons. The van der Waals surface area contributed by atoms with E-state index in [9.17, 15) is 9.59 Å². The van der Waals surface area contributed by atoms with Gasteiger partial charge in [-0.05, 0) is 42.8 Å². The molecule has 0 spiro atoms. The van der Waals surface area contributed by atoms with E-state index in [1.807, 2.05) is 31.2 Å². The van der Waals surface area contributed by atoms with Crippen molar-refractivity contribution in [3.05, 3.63) is 53.6 Å². The molecule has 7 nitrogen and oxygen atoms in total. The van der Waals surface area contributed by atoms with Crippen molar-refractivity contribution in [1.29, 1.82) is 0 Å². The van der Waals surface area contributed by atoms with E-state index >= 15 is 0 Å². The highest BCUT2D eigenvalue weighted by Gasteiger charge is 2.07. The second-order valence-electron chi connectivity index (χ2n) is 5.52. The van der Waals surface area contributed by atoms with Crippen LogP contribution in [0, 0.1) is 6.92 Å². The number of aryl methyl sites for hydroxylation is 1. The SMILES string of the molecule is COc1cc(C=NNC(=O)CNc2ccc(C)cc2)ccc1OC(C)=O. The lowest BCUT2D eigenvalue weighted by Gasteiger charge is -2.08. The number of benzene rings is 2. The zero-order chi connectivity index (χ0) is 18.9. The van der Waals surface area contributed by atoms with Crippen molar-refractivity contribution in [2.24, 2.45) is 5.10 Å². The van der Waals surface area contributed by atoms with Gasteiger partial charge in [0, 0.05) is 12.6 Å². The van der Waals surface area contributed by atoms with Crippen LogP contribution in [-0.4, -0.2) is 31.7 Å². The van der Waals surface area contributed by atoms with Crippen LogP contribution < -0.4 is 20.2 Å². The fourth-order valence-electron chi connectivity index (χ4n) is 2.08. The topological polar surface area (TPSA) is 89.0 Å². The maximum absolute atomic E-state index is 11.8. The molecule has 0 atom stereocenters. The van der Waals surface area contributed by atoms with Gasteiger partial charge in [-0.2, -0.15) is 5.10 Å². The third kappa shape index (κ3) is 5.94. The van der Waals surface area contributed by atoms with Gasteiger partial charge in [-0.25, -0.2) is 5.43 Å². The van der Waals surface area contributed by atoms with Crippen LogP contribution in [0.5, 0.6) is 11.5 Å². The fraction of sp³-hybridized carbons (Fsp3) is 0.211. The number of hydrazone groups is 1. The molecule has 0 fully saturated rings. The minimum Gasteiger partial charge on any atom is -0.493 e. The zero-order valence-corrected chi connectivity index (χ0v) is 14.9. The summed E-state index contributed by atoms with van der Waals surface area (Å²) in [6.07, 6.45) is 1.48. The molecule has 1 amide bonds. The lowest BCUT2D eigenvalue weighted by Crippen LogP contribution is -2.25. The molecule has 0 aliphatic rings. The largest absolute Gasteiger partial charge is 0.493 e. The molecule has 0 aliphatic heterocycles. The highest BCUT2D eigenvalue weighted by molar-refractivity contribution is 5.85. The molecule has 0 aliphatic carbocycles. The number of amides is 1. The van der Waals surface area contributed by atoms with Crippen molar-refractivity contribution in [3.8, 4) is 11.5 Å². The molecule has 0 bridgehead atoms. The van der Waals surface area contributed by atoms with Crippen molar-refractivity contribution in [3.63, 3.8) is 0 Å². The Labute approximate surface area is 152 Å². The van der Waals surface area contributed by atoms with Crippen LogP contribution in [0.4, 0.5) is 5.69 Å². The summed E-state index contributed by atoms with van der Waals surface area (Å²) in [5.74, 6) is 0.0170. The number of methoxy groups -OCH3 is 1. The Hall–Kier alpha value is -3.35. The number of ether oxygens (including phenoxy) is 2. The molecule has 2 N–H and O–H groups in total. The second-order valence-corrected chi connectivity index (χ2v) is 5.52. The quantitative estimate of drug-likeness (QED) is 0.345. The number of hydrogen-bond acceptors (Lipinski definition) is 6. The highest BCUT2D eigenvalue weighted by atomic mass is 16.6. The van der Waals surface area contributed by atoms with Gasteiger partial charge in [-0.15, -0.1) is 0 Å². The molecular formula is C19H21N3O4. The van der Waals surface area contributed by atoms with Gasteiger partial charge >= 0.3 is 5.97 Å². The Morgan fingerprint density at radius 1 is 1.12 bits per heavy atom. The molecular weight excluding hydrogens is 334 g/mol. The fourth-order valence-corrected chi connectivity index (χ4v) is 2.08. The van der Waals surface area contributed by atoms with Crippen molar-refractivity contribution >= 4 is 23.8 Å². The third-order valence-corrected chi connectivity index (χ3v) is 3.35. The molecule has 0 unspecified atom stereocenters. The van der Waals surface area contributed by atoms with Gasteiger partial charge in [0.25, 0.3) is 5.91 Å². The van der Waals surface area contributed by atoms with Gasteiger partial charge in [0.2, 0.25) is 0 Å². The maximum Gasteiger partial charge on any atom is 0.308 e. The number of carbonyl (C=O) groups is 2. The molecule has 2 aromatic carbocycles. The van der Waals surface area contributed by atoms with Crippen LogP contribution in [0.15, 0.2) is 47.6 Å². The Bertz CT molecular complexity index is 801. The van der Waals surface area contributed by atoms with E-state index < -0.39 is 5.97 Å². The summed E-state index contributed by atoms with van der Waals surface area (Å²) >= 11 is 0. The maximum atomic E-state index is 11.8. The zero-order valence-electron chi connectivity index (χ0n) is 14.9. The summed E-state index contributed by atoms with van der Waals surface area (Å²) in [7, 11) is 1.47. The highest BCUT2D eigenvalue weighted by Crippen LogP contribution is 2.27. The van der Waals surface area contributed by atoms with Crippen LogP contribution in [-0.2, 0) is 9.59 Å². The predicted octanol–water partition coefficient (Wildman–Crippen LogP) is 2.49. The molecule has 2 rings (SSSR count). The van der Waals surface area contributed by atoms with Gasteiger partial charge < -0.3 is 14.8 Å². The van der Waals surface area contributed by atoms with Crippen LogP contribution in [0.2, 0.25) is 0 Å². The first-order valence-corrected chi connectivity index (χ1v) is 7.97. The number of esters is 1. The summed E-state index contributed by atoms with van der Waals surface area (Å²) in [4.78, 5) is 22.8. The summed E-state index contributed by atoms with van der Waals surface area (Å²) < 4.78 is 10.2. The average Bonchev–Trinajstić information content (AvgIpc) is 2.62. The third-order valence-electron chi connectivity index (χ3n) is 3.35. The smallest absolute Gasteiger partial charge is 0.308 e. The Balaban J connectivity index is 1.87. The number of rotatable bonds is 7. The first kappa shape index (κ1) is 19.0. The van der Waals surface area contributed by atoms with Crippen LogP contribution in [0.3, 0.4) is 0 Å². The minimum atomic E-state index is -0.432. The minimum absolute atomic E-state index is 0.106. The number of anilines is 1. The van der Waals surface area contributed by atoms with Crippen LogP contribution in [0.25, 0.3) is 0 Å². The molecule has 136 valence electrons. The number of nitrogens with zero attached hydrogens (tertiary/aromatic N) is 1.